The van der Waals surface area contributed by atoms with Gasteiger partial charge in [-0.05, 0) is 53.2 Å². The summed E-state index contributed by atoms with van der Waals surface area (Å²) in [5.74, 6) is 0.973. The van der Waals surface area contributed by atoms with Crippen LogP contribution in [0.5, 0.6) is 5.75 Å². The summed E-state index contributed by atoms with van der Waals surface area (Å²) in [7, 11) is 0. The lowest BCUT2D eigenvalue weighted by Gasteiger charge is -2.32. The number of carbonyl (C=O) groups excluding carboxylic acids is 1. The molecule has 0 radical (unpaired) electrons. The van der Waals surface area contributed by atoms with E-state index < -0.39 is 0 Å². The molecule has 0 amide bonds. The minimum Gasteiger partial charge on any atom is -0.507 e. The number of rotatable bonds is 7. The van der Waals surface area contributed by atoms with Crippen molar-refractivity contribution in [1.29, 1.82) is 5.41 Å². The molecule has 2 aromatic rings. The fraction of sp³-hybridized carbons (Fsp3) is 0.548. The first-order chi connectivity index (χ1) is 16.2. The summed E-state index contributed by atoms with van der Waals surface area (Å²) in [6, 6.07) is 14.1. The average Bonchev–Trinajstić information content (AvgIpc) is 3.04. The summed E-state index contributed by atoms with van der Waals surface area (Å²) in [5.41, 5.74) is 2.86. The molecule has 0 spiro atoms. The van der Waals surface area contributed by atoms with Gasteiger partial charge in [0, 0.05) is 29.2 Å². The number of hydrogen-bond donors (Lipinski definition) is 2. The maximum Gasteiger partial charge on any atom is 0.182 e. The van der Waals surface area contributed by atoms with Crippen LogP contribution in [-0.4, -0.2) is 34.7 Å². The second-order valence-electron chi connectivity index (χ2n) is 12.4. The highest BCUT2D eigenvalue weighted by molar-refractivity contribution is 6.01. The second-order valence-corrected chi connectivity index (χ2v) is 12.4. The van der Waals surface area contributed by atoms with E-state index >= 15 is 0 Å². The zero-order valence-electron chi connectivity index (χ0n) is 23.0. The first kappa shape index (κ1) is 27.0. The molecule has 1 heterocycles. The minimum absolute atomic E-state index is 0.00466. The van der Waals surface area contributed by atoms with Crippen molar-refractivity contribution < 1.29 is 9.90 Å². The van der Waals surface area contributed by atoms with Crippen LogP contribution in [0.2, 0.25) is 0 Å². The van der Waals surface area contributed by atoms with E-state index in [1.807, 2.05) is 23.1 Å². The van der Waals surface area contributed by atoms with Gasteiger partial charge < -0.3 is 10.0 Å². The monoisotopic (exact) mass is 476 g/mol. The van der Waals surface area contributed by atoms with Gasteiger partial charge in [0.15, 0.2) is 5.78 Å². The van der Waals surface area contributed by atoms with E-state index in [1.54, 1.807) is 0 Å². The number of hydrogen-bond acceptors (Lipinski definition) is 3. The topological polar surface area (TPSA) is 64.4 Å². The zero-order valence-corrected chi connectivity index (χ0v) is 23.0. The van der Waals surface area contributed by atoms with Gasteiger partial charge in [-0.15, -0.1) is 0 Å². The lowest BCUT2D eigenvalue weighted by Crippen LogP contribution is -2.33. The number of amidine groups is 1. The predicted octanol–water partition coefficient (Wildman–Crippen LogP) is 7.13. The lowest BCUT2D eigenvalue weighted by atomic mass is 9.71. The van der Waals surface area contributed by atoms with Crippen LogP contribution in [0.3, 0.4) is 0 Å². The highest BCUT2D eigenvalue weighted by Gasteiger charge is 2.47. The summed E-state index contributed by atoms with van der Waals surface area (Å²) in [4.78, 5) is 15.7. The third kappa shape index (κ3) is 5.47. The van der Waals surface area contributed by atoms with Crippen molar-refractivity contribution in [3.63, 3.8) is 0 Å². The van der Waals surface area contributed by atoms with Crippen molar-refractivity contribution in [2.45, 2.75) is 85.5 Å². The van der Waals surface area contributed by atoms with E-state index in [1.165, 1.54) is 5.56 Å². The smallest absolute Gasteiger partial charge is 0.182 e. The Balaban J connectivity index is 1.94. The number of likely N-dealkylation sites (tertiary alicyclic amines) is 1. The van der Waals surface area contributed by atoms with E-state index in [9.17, 15) is 9.90 Å². The van der Waals surface area contributed by atoms with Crippen molar-refractivity contribution in [3.05, 3.63) is 64.7 Å². The molecule has 1 aliphatic rings. The van der Waals surface area contributed by atoms with E-state index in [4.69, 9.17) is 5.41 Å². The highest BCUT2D eigenvalue weighted by Crippen LogP contribution is 2.45. The van der Waals surface area contributed by atoms with Gasteiger partial charge in [-0.2, -0.15) is 0 Å². The van der Waals surface area contributed by atoms with Crippen molar-refractivity contribution in [2.75, 3.05) is 13.1 Å². The molecule has 1 unspecified atom stereocenters. The number of carbonyl (C=O) groups is 1. The number of phenolic OH excluding ortho intramolecular Hbond substituents is 1. The lowest BCUT2D eigenvalue weighted by molar-refractivity contribution is 0.0952. The Morgan fingerprint density at radius 3 is 1.97 bits per heavy atom. The van der Waals surface area contributed by atoms with Crippen molar-refractivity contribution in [3.8, 4) is 5.75 Å². The standard InChI is InChI=1S/C31H44N2O2/c1-9-31(10-2)20-33(28(32)25(31)16-21-14-12-11-13-15-21)19-26(34)22-17-23(29(3,4)5)27(35)24(18-22)30(6,7)8/h11-15,17-18,25,32,35H,9-10,16,19-20H2,1-8H3. The van der Waals surface area contributed by atoms with E-state index in [-0.39, 0.29) is 40.2 Å². The molecular weight excluding hydrogens is 432 g/mol. The van der Waals surface area contributed by atoms with Crippen molar-refractivity contribution in [1.82, 2.24) is 4.90 Å². The van der Waals surface area contributed by atoms with Gasteiger partial charge in [0.1, 0.15) is 11.6 Å². The summed E-state index contributed by atoms with van der Waals surface area (Å²) < 4.78 is 0. The molecule has 1 saturated heterocycles. The molecule has 0 saturated carbocycles. The number of nitrogens with one attached hydrogen (secondary N) is 1. The summed E-state index contributed by atoms with van der Waals surface area (Å²) in [5, 5.41) is 20.1. The van der Waals surface area contributed by atoms with Gasteiger partial charge in [-0.3, -0.25) is 10.2 Å². The Hall–Kier alpha value is -2.62. The minimum atomic E-state index is -0.291. The Labute approximate surface area is 212 Å². The van der Waals surface area contributed by atoms with Crippen molar-refractivity contribution in [2.24, 2.45) is 11.3 Å². The Morgan fingerprint density at radius 2 is 1.51 bits per heavy atom. The molecule has 35 heavy (non-hydrogen) atoms. The number of ketones is 1. The maximum atomic E-state index is 13.6. The van der Waals surface area contributed by atoms with Gasteiger partial charge in [0.2, 0.25) is 0 Å². The molecule has 0 aromatic heterocycles. The number of phenols is 1. The number of aromatic hydroxyl groups is 1. The number of nitrogens with zero attached hydrogens (tertiary/aromatic N) is 1. The molecule has 2 N–H and O–H groups in total. The van der Waals surface area contributed by atoms with Gasteiger partial charge in [-0.1, -0.05) is 85.7 Å². The SMILES string of the molecule is CCC1(CC)CN(CC(=O)c2cc(C(C)(C)C)c(O)c(C(C)(C)C)c2)C(=N)C1Cc1ccccc1. The van der Waals surface area contributed by atoms with Crippen LogP contribution in [0.15, 0.2) is 42.5 Å². The molecule has 1 atom stereocenters. The van der Waals surface area contributed by atoms with Gasteiger partial charge >= 0.3 is 0 Å². The van der Waals surface area contributed by atoms with E-state index in [0.29, 0.717) is 11.4 Å². The van der Waals surface area contributed by atoms with Gasteiger partial charge in [0.05, 0.1) is 6.54 Å². The third-order valence-electron chi connectivity index (χ3n) is 7.99. The molecule has 190 valence electrons. The molecule has 1 fully saturated rings. The maximum absolute atomic E-state index is 13.6. The van der Waals surface area contributed by atoms with Crippen LogP contribution < -0.4 is 0 Å². The molecule has 0 aliphatic carbocycles. The summed E-state index contributed by atoms with van der Waals surface area (Å²) >= 11 is 0. The highest BCUT2D eigenvalue weighted by atomic mass is 16.3. The average molecular weight is 477 g/mol. The van der Waals surface area contributed by atoms with Crippen LogP contribution in [0.4, 0.5) is 0 Å². The predicted molar refractivity (Wildman–Crippen MR) is 146 cm³/mol. The first-order valence-corrected chi connectivity index (χ1v) is 13.0. The van der Waals surface area contributed by atoms with Crippen LogP contribution in [0, 0.1) is 16.7 Å². The Bertz CT molecular complexity index is 1030. The molecule has 3 rings (SSSR count). The molecule has 0 bridgehead atoms. The van der Waals surface area contributed by atoms with Gasteiger partial charge in [-0.25, -0.2) is 0 Å². The van der Waals surface area contributed by atoms with E-state index in [0.717, 1.165) is 36.9 Å². The summed E-state index contributed by atoms with van der Waals surface area (Å²) in [6.07, 6.45) is 2.79. The van der Waals surface area contributed by atoms with Gasteiger partial charge in [0.25, 0.3) is 0 Å². The molecular formula is C31H44N2O2. The normalized spacial score (nSPS) is 18.2. The largest absolute Gasteiger partial charge is 0.507 e. The summed E-state index contributed by atoms with van der Waals surface area (Å²) in [6.45, 7) is 17.7. The van der Waals surface area contributed by atoms with Crippen molar-refractivity contribution >= 4 is 11.6 Å². The zero-order chi connectivity index (χ0) is 26.2. The van der Waals surface area contributed by atoms with Crippen LogP contribution in [-0.2, 0) is 17.3 Å². The fourth-order valence-electron chi connectivity index (χ4n) is 5.56. The molecule has 1 aliphatic heterocycles. The Morgan fingerprint density at radius 1 is 1.00 bits per heavy atom. The Kier molecular flexibility index (Phi) is 7.55. The first-order valence-electron chi connectivity index (χ1n) is 13.0. The quantitative estimate of drug-likeness (QED) is 0.418. The van der Waals surface area contributed by atoms with E-state index in [2.05, 4.69) is 79.7 Å². The number of benzene rings is 2. The van der Waals surface area contributed by atoms with Crippen LogP contribution in [0.1, 0.15) is 95.3 Å². The van der Waals surface area contributed by atoms with Crippen LogP contribution >= 0.6 is 0 Å². The molecule has 2 aromatic carbocycles. The molecule has 4 nitrogen and oxygen atoms in total. The fourth-order valence-corrected chi connectivity index (χ4v) is 5.56. The second kappa shape index (κ2) is 9.79. The van der Waals surface area contributed by atoms with Crippen LogP contribution in [0.25, 0.3) is 0 Å². The third-order valence-corrected chi connectivity index (χ3v) is 7.99. The number of Topliss-reactive ketones (excluding diaryl/α,β-unsaturated/α-hetero) is 1. The molecule has 4 heteroatoms.